The average molecular weight is 387 g/mol. The Balaban J connectivity index is 2.25. The number of hydrogen-bond acceptors (Lipinski definition) is 7. The first-order valence-corrected chi connectivity index (χ1v) is 9.02. The molecule has 0 aliphatic rings. The summed E-state index contributed by atoms with van der Waals surface area (Å²) in [5.41, 5.74) is 0.198. The highest BCUT2D eigenvalue weighted by Gasteiger charge is 2.20. The standard InChI is InChI=1S/C17H13N3O6S/c1-10-5-4-8-13(20(22)23)16(10)18-19-17-12-7-3-2-6-11(12)15(9-14(17)21)27(24,25)26/h2-9,21H,1H3,(H,24,25,26). The molecule has 0 spiro atoms. The first kappa shape index (κ1) is 18.4. The second kappa shape index (κ2) is 6.74. The molecule has 27 heavy (non-hydrogen) atoms. The number of phenolic OH excluding ortho intramolecular Hbond substituents is 1. The first-order valence-electron chi connectivity index (χ1n) is 7.58. The van der Waals surface area contributed by atoms with Gasteiger partial charge in [-0.15, -0.1) is 10.2 Å². The third-order valence-electron chi connectivity index (χ3n) is 3.90. The molecule has 0 saturated heterocycles. The van der Waals surface area contributed by atoms with Crippen molar-refractivity contribution < 1.29 is 23.0 Å². The van der Waals surface area contributed by atoms with Crippen LogP contribution in [0.15, 0.2) is 63.7 Å². The summed E-state index contributed by atoms with van der Waals surface area (Å²) in [6.07, 6.45) is 0. The summed E-state index contributed by atoms with van der Waals surface area (Å²) < 4.78 is 32.5. The Morgan fingerprint density at radius 3 is 2.26 bits per heavy atom. The maximum Gasteiger partial charge on any atom is 0.296 e. The van der Waals surface area contributed by atoms with E-state index in [1.807, 2.05) is 0 Å². The summed E-state index contributed by atoms with van der Waals surface area (Å²) in [6, 6.07) is 11.4. The fraction of sp³-hybridized carbons (Fsp3) is 0.0588. The molecular formula is C17H13N3O6S. The summed E-state index contributed by atoms with van der Waals surface area (Å²) >= 11 is 0. The van der Waals surface area contributed by atoms with Gasteiger partial charge in [-0.25, -0.2) is 0 Å². The van der Waals surface area contributed by atoms with Crippen LogP contribution in [0.2, 0.25) is 0 Å². The van der Waals surface area contributed by atoms with Crippen molar-refractivity contribution in [3.8, 4) is 5.75 Å². The Morgan fingerprint density at radius 2 is 1.63 bits per heavy atom. The van der Waals surface area contributed by atoms with Crippen molar-refractivity contribution in [3.63, 3.8) is 0 Å². The Labute approximate surface area is 153 Å². The highest BCUT2D eigenvalue weighted by atomic mass is 32.2. The van der Waals surface area contributed by atoms with Crippen molar-refractivity contribution in [3.05, 3.63) is 64.2 Å². The topological polar surface area (TPSA) is 142 Å². The third kappa shape index (κ3) is 3.48. The second-order valence-electron chi connectivity index (χ2n) is 5.66. The number of phenols is 1. The highest BCUT2D eigenvalue weighted by molar-refractivity contribution is 7.86. The number of fused-ring (bicyclic) bond motifs is 1. The zero-order chi connectivity index (χ0) is 19.8. The minimum atomic E-state index is -4.58. The van der Waals surface area contributed by atoms with Crippen LogP contribution >= 0.6 is 0 Å². The summed E-state index contributed by atoms with van der Waals surface area (Å²) in [4.78, 5) is 10.1. The predicted octanol–water partition coefficient (Wildman–Crippen LogP) is 4.42. The minimum absolute atomic E-state index is 0.0184. The maximum absolute atomic E-state index is 11.6. The molecule has 10 heteroatoms. The van der Waals surface area contributed by atoms with Gasteiger partial charge in [-0.3, -0.25) is 14.7 Å². The van der Waals surface area contributed by atoms with E-state index in [0.29, 0.717) is 5.56 Å². The predicted molar refractivity (Wildman–Crippen MR) is 97.4 cm³/mol. The lowest BCUT2D eigenvalue weighted by molar-refractivity contribution is -0.384. The van der Waals surface area contributed by atoms with Crippen molar-refractivity contribution in [2.75, 3.05) is 0 Å². The highest BCUT2D eigenvalue weighted by Crippen LogP contribution is 2.41. The zero-order valence-corrected chi connectivity index (χ0v) is 14.7. The molecule has 0 saturated carbocycles. The van der Waals surface area contributed by atoms with Crippen molar-refractivity contribution in [2.45, 2.75) is 11.8 Å². The van der Waals surface area contributed by atoms with Crippen LogP contribution in [0.3, 0.4) is 0 Å². The van der Waals surface area contributed by atoms with Crippen LogP contribution in [0.5, 0.6) is 5.75 Å². The summed E-state index contributed by atoms with van der Waals surface area (Å²) in [7, 11) is -4.58. The number of nitro groups is 1. The number of azo groups is 1. The van der Waals surface area contributed by atoms with Gasteiger partial charge < -0.3 is 5.11 Å². The van der Waals surface area contributed by atoms with E-state index in [1.54, 1.807) is 25.1 Å². The van der Waals surface area contributed by atoms with Gasteiger partial charge in [0, 0.05) is 22.9 Å². The second-order valence-corrected chi connectivity index (χ2v) is 7.05. The lowest BCUT2D eigenvalue weighted by Gasteiger charge is -2.08. The van der Waals surface area contributed by atoms with Gasteiger partial charge in [-0.2, -0.15) is 8.42 Å². The van der Waals surface area contributed by atoms with Crippen LogP contribution in [-0.2, 0) is 10.1 Å². The Kier molecular flexibility index (Phi) is 4.60. The van der Waals surface area contributed by atoms with Gasteiger partial charge in [0.05, 0.1) is 4.92 Å². The van der Waals surface area contributed by atoms with Crippen LogP contribution in [0.25, 0.3) is 10.8 Å². The quantitative estimate of drug-likeness (QED) is 0.293. The van der Waals surface area contributed by atoms with Crippen molar-refractivity contribution >= 4 is 38.0 Å². The Morgan fingerprint density at radius 1 is 1.00 bits per heavy atom. The van der Waals surface area contributed by atoms with E-state index in [-0.39, 0.29) is 27.8 Å². The van der Waals surface area contributed by atoms with Crippen molar-refractivity contribution in [1.29, 1.82) is 0 Å². The molecule has 0 aliphatic carbocycles. The fourth-order valence-corrected chi connectivity index (χ4v) is 3.37. The average Bonchev–Trinajstić information content (AvgIpc) is 2.60. The van der Waals surface area contributed by atoms with E-state index in [2.05, 4.69) is 10.2 Å². The van der Waals surface area contributed by atoms with E-state index in [1.165, 1.54) is 24.3 Å². The van der Waals surface area contributed by atoms with E-state index in [9.17, 15) is 28.2 Å². The molecule has 0 bridgehead atoms. The van der Waals surface area contributed by atoms with Gasteiger partial charge in [-0.1, -0.05) is 36.4 Å². The van der Waals surface area contributed by atoms with Gasteiger partial charge in [0.1, 0.15) is 16.3 Å². The van der Waals surface area contributed by atoms with Crippen LogP contribution in [0.1, 0.15) is 5.56 Å². The molecule has 0 aliphatic heterocycles. The van der Waals surface area contributed by atoms with Gasteiger partial charge in [0.25, 0.3) is 15.8 Å². The number of benzene rings is 3. The number of nitrogens with zero attached hydrogens (tertiary/aromatic N) is 3. The van der Waals surface area contributed by atoms with Gasteiger partial charge in [0.2, 0.25) is 0 Å². The zero-order valence-electron chi connectivity index (χ0n) is 13.9. The number of aryl methyl sites for hydroxylation is 1. The molecule has 3 aromatic carbocycles. The number of hydrogen-bond donors (Lipinski definition) is 2. The van der Waals surface area contributed by atoms with E-state index in [4.69, 9.17) is 0 Å². The largest absolute Gasteiger partial charge is 0.506 e. The molecule has 0 radical (unpaired) electrons. The number of rotatable bonds is 4. The molecule has 3 rings (SSSR count). The monoisotopic (exact) mass is 387 g/mol. The number of nitro benzene ring substituents is 1. The molecule has 0 heterocycles. The first-order chi connectivity index (χ1) is 12.7. The molecule has 0 fully saturated rings. The summed E-state index contributed by atoms with van der Waals surface area (Å²) in [5.74, 6) is -0.540. The normalized spacial score (nSPS) is 11.9. The molecular weight excluding hydrogens is 374 g/mol. The Hall–Kier alpha value is -3.37. The maximum atomic E-state index is 11.6. The van der Waals surface area contributed by atoms with E-state index < -0.39 is 25.7 Å². The van der Waals surface area contributed by atoms with Gasteiger partial charge in [-0.05, 0) is 12.5 Å². The van der Waals surface area contributed by atoms with E-state index in [0.717, 1.165) is 6.07 Å². The number of aromatic hydroxyl groups is 1. The molecule has 9 nitrogen and oxygen atoms in total. The summed E-state index contributed by atoms with van der Waals surface area (Å²) in [5, 5.41) is 29.6. The van der Waals surface area contributed by atoms with Crippen LogP contribution in [0, 0.1) is 17.0 Å². The third-order valence-corrected chi connectivity index (χ3v) is 4.79. The van der Waals surface area contributed by atoms with Crippen LogP contribution in [-0.4, -0.2) is 23.0 Å². The molecule has 3 aromatic rings. The fourth-order valence-electron chi connectivity index (χ4n) is 2.65. The smallest absolute Gasteiger partial charge is 0.296 e. The lowest BCUT2D eigenvalue weighted by atomic mass is 10.1. The van der Waals surface area contributed by atoms with Crippen LogP contribution < -0.4 is 0 Å². The van der Waals surface area contributed by atoms with Crippen molar-refractivity contribution in [1.82, 2.24) is 0 Å². The molecule has 138 valence electrons. The van der Waals surface area contributed by atoms with Gasteiger partial charge >= 0.3 is 0 Å². The summed E-state index contributed by atoms with van der Waals surface area (Å²) in [6.45, 7) is 1.63. The minimum Gasteiger partial charge on any atom is -0.506 e. The molecule has 2 N–H and O–H groups in total. The van der Waals surface area contributed by atoms with Gasteiger partial charge in [0.15, 0.2) is 5.69 Å². The molecule has 0 amide bonds. The molecule has 0 unspecified atom stereocenters. The SMILES string of the molecule is Cc1cccc([N+](=O)[O-])c1N=Nc1c(O)cc(S(=O)(=O)O)c2ccccc12. The molecule has 0 atom stereocenters. The molecule has 0 aromatic heterocycles. The van der Waals surface area contributed by atoms with Crippen molar-refractivity contribution in [2.24, 2.45) is 10.2 Å². The lowest BCUT2D eigenvalue weighted by Crippen LogP contribution is -1.99. The Bertz CT molecular complexity index is 1200. The van der Waals surface area contributed by atoms with Crippen LogP contribution in [0.4, 0.5) is 17.1 Å². The van der Waals surface area contributed by atoms with E-state index >= 15 is 0 Å².